The van der Waals surface area contributed by atoms with Crippen LogP contribution in [0.4, 0.5) is 0 Å². The highest BCUT2D eigenvalue weighted by Gasteiger charge is 2.28. The molecule has 0 unspecified atom stereocenters. The van der Waals surface area contributed by atoms with Crippen LogP contribution in [0.25, 0.3) is 10.9 Å². The third-order valence-electron chi connectivity index (χ3n) is 5.71. The number of hydrogen-bond acceptors (Lipinski definition) is 4. The summed E-state index contributed by atoms with van der Waals surface area (Å²) in [6.45, 7) is 3.57. The molecule has 28 heavy (non-hydrogen) atoms. The largest absolute Gasteiger partial charge is 0.381 e. The third-order valence-corrected chi connectivity index (χ3v) is 5.71. The highest BCUT2D eigenvalue weighted by Crippen LogP contribution is 2.20. The van der Waals surface area contributed by atoms with Crippen molar-refractivity contribution in [2.75, 3.05) is 32.8 Å². The summed E-state index contributed by atoms with van der Waals surface area (Å²) in [5, 5.41) is 1.03. The van der Waals surface area contributed by atoms with Crippen molar-refractivity contribution in [1.29, 1.82) is 0 Å². The van der Waals surface area contributed by atoms with E-state index in [4.69, 9.17) is 4.74 Å². The van der Waals surface area contributed by atoms with Gasteiger partial charge in [0, 0.05) is 50.7 Å². The zero-order valence-electron chi connectivity index (χ0n) is 16.2. The summed E-state index contributed by atoms with van der Waals surface area (Å²) >= 11 is 0. The van der Waals surface area contributed by atoms with E-state index in [1.807, 2.05) is 46.2 Å². The fraction of sp³-hybridized carbons (Fsp3) is 0.500. The summed E-state index contributed by atoms with van der Waals surface area (Å²) in [4.78, 5) is 33.6. The van der Waals surface area contributed by atoms with Crippen LogP contribution in [-0.2, 0) is 9.53 Å². The van der Waals surface area contributed by atoms with Crippen LogP contribution in [-0.4, -0.2) is 65.5 Å². The van der Waals surface area contributed by atoms with E-state index in [0.29, 0.717) is 31.9 Å². The summed E-state index contributed by atoms with van der Waals surface area (Å²) in [5.41, 5.74) is 1.32. The average molecular weight is 381 g/mol. The zero-order valence-corrected chi connectivity index (χ0v) is 16.2. The number of carbonyl (C=O) groups is 2. The Labute approximate surface area is 165 Å². The maximum atomic E-state index is 13.3. The molecular formula is C22H27N3O3. The number of hydrogen-bond donors (Lipinski definition) is 0. The van der Waals surface area contributed by atoms with Gasteiger partial charge in [0.05, 0.1) is 5.52 Å². The Morgan fingerprint density at radius 3 is 2.79 bits per heavy atom. The molecule has 0 aliphatic carbocycles. The van der Waals surface area contributed by atoms with Crippen LogP contribution < -0.4 is 0 Å². The summed E-state index contributed by atoms with van der Waals surface area (Å²) in [6.07, 6.45) is 4.10. The van der Waals surface area contributed by atoms with Crippen LogP contribution in [0.1, 0.15) is 42.6 Å². The molecular weight excluding hydrogens is 354 g/mol. The highest BCUT2D eigenvalue weighted by molar-refractivity contribution is 5.95. The maximum Gasteiger partial charge on any atom is 0.272 e. The minimum Gasteiger partial charge on any atom is -0.381 e. The van der Waals surface area contributed by atoms with E-state index in [0.717, 1.165) is 49.7 Å². The first-order chi connectivity index (χ1) is 13.7. The van der Waals surface area contributed by atoms with Gasteiger partial charge in [-0.1, -0.05) is 24.3 Å². The molecule has 2 fully saturated rings. The van der Waals surface area contributed by atoms with E-state index in [1.165, 1.54) is 0 Å². The molecule has 148 valence electrons. The minimum absolute atomic E-state index is 0.0228. The first kappa shape index (κ1) is 18.9. The molecule has 0 spiro atoms. The van der Waals surface area contributed by atoms with E-state index in [-0.39, 0.29) is 17.9 Å². The number of likely N-dealkylation sites (tertiary alicyclic amines) is 1. The Hall–Kier alpha value is -2.47. The van der Waals surface area contributed by atoms with Crippen LogP contribution in [0.3, 0.4) is 0 Å². The average Bonchev–Trinajstić information content (AvgIpc) is 3.15. The minimum atomic E-state index is -0.0228. The number of para-hydroxylation sites is 1. The van der Waals surface area contributed by atoms with Crippen molar-refractivity contribution >= 4 is 22.7 Å². The number of aromatic nitrogens is 1. The molecule has 0 saturated carbocycles. The number of fused-ring (bicyclic) bond motifs is 1. The van der Waals surface area contributed by atoms with Crippen molar-refractivity contribution in [1.82, 2.24) is 14.8 Å². The topological polar surface area (TPSA) is 62.7 Å². The Bertz CT molecular complexity index is 848. The number of amides is 2. The Morgan fingerprint density at radius 1 is 1.18 bits per heavy atom. The van der Waals surface area contributed by atoms with Gasteiger partial charge in [-0.05, 0) is 37.8 Å². The molecule has 1 aromatic carbocycles. The van der Waals surface area contributed by atoms with E-state index in [2.05, 4.69) is 4.98 Å². The van der Waals surface area contributed by atoms with Crippen LogP contribution in [0.5, 0.6) is 0 Å². The Morgan fingerprint density at radius 2 is 2.00 bits per heavy atom. The second kappa shape index (κ2) is 8.69. The first-order valence-corrected chi connectivity index (χ1v) is 10.2. The van der Waals surface area contributed by atoms with Gasteiger partial charge in [0.25, 0.3) is 5.91 Å². The SMILES string of the molecule is O=C1CCCN1CCCN(C(=O)c1ccc2ccccc2n1)C1CCOCC1. The van der Waals surface area contributed by atoms with E-state index < -0.39 is 0 Å². The van der Waals surface area contributed by atoms with E-state index >= 15 is 0 Å². The molecule has 6 heteroatoms. The van der Waals surface area contributed by atoms with Gasteiger partial charge < -0.3 is 14.5 Å². The Kier molecular flexibility index (Phi) is 5.86. The molecule has 2 aromatic rings. The predicted molar refractivity (Wildman–Crippen MR) is 107 cm³/mol. The second-order valence-corrected chi connectivity index (χ2v) is 7.57. The van der Waals surface area contributed by atoms with Gasteiger partial charge in [0.15, 0.2) is 0 Å². The second-order valence-electron chi connectivity index (χ2n) is 7.57. The van der Waals surface area contributed by atoms with Gasteiger partial charge >= 0.3 is 0 Å². The monoisotopic (exact) mass is 381 g/mol. The van der Waals surface area contributed by atoms with Crippen LogP contribution in [0.2, 0.25) is 0 Å². The van der Waals surface area contributed by atoms with Gasteiger partial charge in [-0.3, -0.25) is 9.59 Å². The molecule has 3 heterocycles. The molecule has 2 aliphatic heterocycles. The lowest BCUT2D eigenvalue weighted by atomic mass is 10.1. The molecule has 0 atom stereocenters. The molecule has 2 amide bonds. The van der Waals surface area contributed by atoms with Crippen molar-refractivity contribution in [3.63, 3.8) is 0 Å². The zero-order chi connectivity index (χ0) is 19.3. The van der Waals surface area contributed by atoms with Crippen molar-refractivity contribution in [3.8, 4) is 0 Å². The van der Waals surface area contributed by atoms with Crippen molar-refractivity contribution in [2.24, 2.45) is 0 Å². The molecule has 0 bridgehead atoms. The number of pyridine rings is 1. The van der Waals surface area contributed by atoms with Crippen LogP contribution in [0.15, 0.2) is 36.4 Å². The summed E-state index contributed by atoms with van der Waals surface area (Å²) in [6, 6.07) is 11.8. The summed E-state index contributed by atoms with van der Waals surface area (Å²) in [7, 11) is 0. The lowest BCUT2D eigenvalue weighted by Crippen LogP contribution is -2.45. The predicted octanol–water partition coefficient (Wildman–Crippen LogP) is 2.87. The van der Waals surface area contributed by atoms with E-state index in [1.54, 1.807) is 0 Å². The standard InChI is InChI=1S/C22H27N3O3/c26-21-7-3-12-24(21)13-4-14-25(18-10-15-28-16-11-18)22(27)20-9-8-17-5-1-2-6-19(17)23-20/h1-2,5-6,8-9,18H,3-4,7,10-16H2. The van der Waals surface area contributed by atoms with Crippen molar-refractivity contribution in [2.45, 2.75) is 38.1 Å². The van der Waals surface area contributed by atoms with Gasteiger partial charge in [0.1, 0.15) is 5.69 Å². The normalized spacial score (nSPS) is 18.0. The van der Waals surface area contributed by atoms with Gasteiger partial charge in [-0.15, -0.1) is 0 Å². The number of ether oxygens (including phenoxy) is 1. The fourth-order valence-electron chi connectivity index (χ4n) is 4.15. The molecule has 4 rings (SSSR count). The first-order valence-electron chi connectivity index (χ1n) is 10.2. The van der Waals surface area contributed by atoms with Crippen LogP contribution in [0, 0.1) is 0 Å². The lowest BCUT2D eigenvalue weighted by Gasteiger charge is -2.34. The Balaban J connectivity index is 1.49. The highest BCUT2D eigenvalue weighted by atomic mass is 16.5. The van der Waals surface area contributed by atoms with Crippen LogP contribution >= 0.6 is 0 Å². The van der Waals surface area contributed by atoms with Gasteiger partial charge in [0.2, 0.25) is 5.91 Å². The molecule has 2 saturated heterocycles. The van der Waals surface area contributed by atoms with Gasteiger partial charge in [-0.2, -0.15) is 0 Å². The number of carbonyl (C=O) groups excluding carboxylic acids is 2. The van der Waals surface area contributed by atoms with Crippen molar-refractivity contribution < 1.29 is 14.3 Å². The van der Waals surface area contributed by atoms with Crippen molar-refractivity contribution in [3.05, 3.63) is 42.1 Å². The quantitative estimate of drug-likeness (QED) is 0.772. The number of nitrogens with zero attached hydrogens (tertiary/aromatic N) is 3. The van der Waals surface area contributed by atoms with E-state index in [9.17, 15) is 9.59 Å². The molecule has 1 aromatic heterocycles. The van der Waals surface area contributed by atoms with Gasteiger partial charge in [-0.25, -0.2) is 4.98 Å². The smallest absolute Gasteiger partial charge is 0.272 e. The third kappa shape index (κ3) is 4.17. The molecule has 2 aliphatic rings. The fourth-order valence-corrected chi connectivity index (χ4v) is 4.15. The lowest BCUT2D eigenvalue weighted by molar-refractivity contribution is -0.127. The molecule has 0 radical (unpaired) electrons. The number of benzene rings is 1. The molecule has 6 nitrogen and oxygen atoms in total. The number of rotatable bonds is 6. The summed E-state index contributed by atoms with van der Waals surface area (Å²) < 4.78 is 5.49. The molecule has 0 N–H and O–H groups in total. The maximum absolute atomic E-state index is 13.3. The summed E-state index contributed by atoms with van der Waals surface area (Å²) in [5.74, 6) is 0.213.